The van der Waals surface area contributed by atoms with Gasteiger partial charge in [0.2, 0.25) is 5.91 Å². The molecular formula is C16H16BrN3O. The minimum absolute atomic E-state index is 0.0208. The lowest BCUT2D eigenvalue weighted by Gasteiger charge is -2.43. The molecule has 0 unspecified atom stereocenters. The van der Waals surface area contributed by atoms with Crippen LogP contribution in [0.15, 0.2) is 47.5 Å². The van der Waals surface area contributed by atoms with Crippen LogP contribution in [-0.4, -0.2) is 15.9 Å². The highest BCUT2D eigenvalue weighted by atomic mass is 79.9. The average Bonchev–Trinajstić information content (AvgIpc) is 2.45. The second-order valence-electron chi connectivity index (χ2n) is 5.41. The van der Waals surface area contributed by atoms with Gasteiger partial charge in [0.05, 0.1) is 12.0 Å². The van der Waals surface area contributed by atoms with Gasteiger partial charge in [-0.3, -0.25) is 4.79 Å². The third-order valence-electron chi connectivity index (χ3n) is 3.96. The van der Waals surface area contributed by atoms with Gasteiger partial charge in [0.1, 0.15) is 6.33 Å². The lowest BCUT2D eigenvalue weighted by Crippen LogP contribution is -2.51. The fraction of sp³-hybridized carbons (Fsp3) is 0.312. The zero-order valence-corrected chi connectivity index (χ0v) is 13.1. The van der Waals surface area contributed by atoms with Gasteiger partial charge in [-0.05, 0) is 42.5 Å². The molecule has 1 saturated carbocycles. The van der Waals surface area contributed by atoms with Gasteiger partial charge in [0, 0.05) is 16.9 Å². The predicted molar refractivity (Wildman–Crippen MR) is 83.5 cm³/mol. The number of halogens is 1. The number of carbonyl (C=O) groups excluding carboxylic acids is 1. The minimum atomic E-state index is -0.201. The van der Waals surface area contributed by atoms with Crippen molar-refractivity contribution in [3.05, 3.63) is 58.6 Å². The summed E-state index contributed by atoms with van der Waals surface area (Å²) >= 11 is 3.45. The molecule has 1 aromatic carbocycles. The SMILES string of the molecule is O=C(Cc1cncnc1)NC1(c2ccc(Br)cc2)CCC1. The van der Waals surface area contributed by atoms with E-state index < -0.39 is 0 Å². The van der Waals surface area contributed by atoms with Crippen LogP contribution < -0.4 is 5.32 Å². The van der Waals surface area contributed by atoms with E-state index in [0.717, 1.165) is 29.3 Å². The van der Waals surface area contributed by atoms with E-state index >= 15 is 0 Å². The Labute approximate surface area is 132 Å². The van der Waals surface area contributed by atoms with Gasteiger partial charge in [0.15, 0.2) is 0 Å². The summed E-state index contributed by atoms with van der Waals surface area (Å²) in [5.74, 6) is 0.0208. The van der Waals surface area contributed by atoms with Crippen molar-refractivity contribution in [2.45, 2.75) is 31.2 Å². The van der Waals surface area contributed by atoms with Gasteiger partial charge < -0.3 is 5.32 Å². The number of benzene rings is 1. The van der Waals surface area contributed by atoms with Gasteiger partial charge in [-0.15, -0.1) is 0 Å². The van der Waals surface area contributed by atoms with E-state index in [0.29, 0.717) is 6.42 Å². The fourth-order valence-electron chi connectivity index (χ4n) is 2.70. The summed E-state index contributed by atoms with van der Waals surface area (Å²) in [5.41, 5.74) is 1.81. The van der Waals surface area contributed by atoms with Crippen LogP contribution >= 0.6 is 15.9 Å². The highest BCUT2D eigenvalue weighted by Gasteiger charge is 2.39. The average molecular weight is 346 g/mol. The monoisotopic (exact) mass is 345 g/mol. The van der Waals surface area contributed by atoms with E-state index in [2.05, 4.69) is 43.3 Å². The summed E-state index contributed by atoms with van der Waals surface area (Å²) in [4.78, 5) is 20.2. The molecule has 1 aliphatic rings. The second kappa shape index (κ2) is 5.93. The largest absolute Gasteiger partial charge is 0.346 e. The Bertz CT molecular complexity index is 624. The van der Waals surface area contributed by atoms with Crippen molar-refractivity contribution >= 4 is 21.8 Å². The normalized spacial score (nSPS) is 16.0. The standard InChI is InChI=1S/C16H16BrN3O/c17-14-4-2-13(3-5-14)16(6-1-7-16)20-15(21)8-12-9-18-11-19-10-12/h2-5,9-11H,1,6-8H2,(H,20,21). The third-order valence-corrected chi connectivity index (χ3v) is 4.49. The summed E-state index contributed by atoms with van der Waals surface area (Å²) in [6.45, 7) is 0. The first kappa shape index (κ1) is 14.2. The van der Waals surface area contributed by atoms with E-state index in [-0.39, 0.29) is 11.4 Å². The van der Waals surface area contributed by atoms with Crippen molar-refractivity contribution in [3.63, 3.8) is 0 Å². The number of amides is 1. The van der Waals surface area contributed by atoms with E-state index in [1.165, 1.54) is 11.9 Å². The molecule has 0 spiro atoms. The molecule has 1 amide bonds. The van der Waals surface area contributed by atoms with Gasteiger partial charge in [0.25, 0.3) is 0 Å². The zero-order valence-electron chi connectivity index (χ0n) is 11.6. The van der Waals surface area contributed by atoms with Gasteiger partial charge in [-0.25, -0.2) is 9.97 Å². The number of aromatic nitrogens is 2. The topological polar surface area (TPSA) is 54.9 Å². The van der Waals surface area contributed by atoms with Crippen LogP contribution in [0.5, 0.6) is 0 Å². The quantitative estimate of drug-likeness (QED) is 0.926. The number of hydrogen-bond donors (Lipinski definition) is 1. The van der Waals surface area contributed by atoms with Crippen LogP contribution in [0, 0.1) is 0 Å². The minimum Gasteiger partial charge on any atom is -0.346 e. The highest BCUT2D eigenvalue weighted by molar-refractivity contribution is 9.10. The first-order valence-corrected chi connectivity index (χ1v) is 7.78. The molecule has 21 heavy (non-hydrogen) atoms. The molecule has 4 nitrogen and oxygen atoms in total. The molecule has 1 heterocycles. The molecule has 0 atom stereocenters. The first-order chi connectivity index (χ1) is 10.2. The molecule has 1 fully saturated rings. The summed E-state index contributed by atoms with van der Waals surface area (Å²) in [6.07, 6.45) is 8.28. The molecule has 1 aliphatic carbocycles. The summed E-state index contributed by atoms with van der Waals surface area (Å²) in [5, 5.41) is 3.20. The molecule has 108 valence electrons. The van der Waals surface area contributed by atoms with Gasteiger partial charge in [-0.1, -0.05) is 28.1 Å². The molecule has 5 heteroatoms. The fourth-order valence-corrected chi connectivity index (χ4v) is 2.97. The van der Waals surface area contributed by atoms with Crippen molar-refractivity contribution in [2.24, 2.45) is 0 Å². The number of rotatable bonds is 4. The van der Waals surface area contributed by atoms with Crippen molar-refractivity contribution in [2.75, 3.05) is 0 Å². The van der Waals surface area contributed by atoms with Gasteiger partial charge in [-0.2, -0.15) is 0 Å². The van der Waals surface area contributed by atoms with Crippen LogP contribution in [0.2, 0.25) is 0 Å². The maximum absolute atomic E-state index is 12.3. The maximum atomic E-state index is 12.3. The lowest BCUT2D eigenvalue weighted by molar-refractivity contribution is -0.123. The lowest BCUT2D eigenvalue weighted by atomic mass is 9.71. The molecule has 0 saturated heterocycles. The summed E-state index contributed by atoms with van der Waals surface area (Å²) in [6, 6.07) is 8.20. The number of nitrogens with zero attached hydrogens (tertiary/aromatic N) is 2. The molecule has 0 radical (unpaired) electrons. The van der Waals surface area contributed by atoms with Crippen LogP contribution in [0.3, 0.4) is 0 Å². The summed E-state index contributed by atoms with van der Waals surface area (Å²) in [7, 11) is 0. The van der Waals surface area contributed by atoms with E-state index in [4.69, 9.17) is 0 Å². The Morgan fingerprint density at radius 3 is 2.43 bits per heavy atom. The Balaban J connectivity index is 1.72. The number of nitrogens with one attached hydrogen (secondary N) is 1. The van der Waals surface area contributed by atoms with Crippen molar-refractivity contribution in [1.82, 2.24) is 15.3 Å². The highest BCUT2D eigenvalue weighted by Crippen LogP contribution is 2.41. The number of carbonyl (C=O) groups is 1. The summed E-state index contributed by atoms with van der Waals surface area (Å²) < 4.78 is 1.05. The van der Waals surface area contributed by atoms with E-state index in [9.17, 15) is 4.79 Å². The smallest absolute Gasteiger partial charge is 0.225 e. The molecule has 1 aromatic heterocycles. The van der Waals surface area contributed by atoms with Crippen LogP contribution in [0.4, 0.5) is 0 Å². The van der Waals surface area contributed by atoms with Crippen LogP contribution in [0.25, 0.3) is 0 Å². The molecular weight excluding hydrogens is 330 g/mol. The molecule has 1 N–H and O–H groups in total. The molecule has 2 aromatic rings. The van der Waals surface area contributed by atoms with E-state index in [1.54, 1.807) is 12.4 Å². The zero-order chi connectivity index (χ0) is 14.7. The van der Waals surface area contributed by atoms with Gasteiger partial charge >= 0.3 is 0 Å². The Kier molecular flexibility index (Phi) is 4.01. The van der Waals surface area contributed by atoms with Crippen LogP contribution in [0.1, 0.15) is 30.4 Å². The molecule has 0 bridgehead atoms. The van der Waals surface area contributed by atoms with Crippen LogP contribution in [-0.2, 0) is 16.8 Å². The molecule has 0 aliphatic heterocycles. The Morgan fingerprint density at radius 1 is 1.19 bits per heavy atom. The van der Waals surface area contributed by atoms with E-state index in [1.807, 2.05) is 12.1 Å². The Hall–Kier alpha value is -1.75. The first-order valence-electron chi connectivity index (χ1n) is 6.99. The van der Waals surface area contributed by atoms with Crippen molar-refractivity contribution in [1.29, 1.82) is 0 Å². The second-order valence-corrected chi connectivity index (χ2v) is 6.33. The van der Waals surface area contributed by atoms with Crippen molar-refractivity contribution < 1.29 is 4.79 Å². The molecule has 3 rings (SSSR count). The predicted octanol–water partition coefficient (Wildman–Crippen LogP) is 2.98. The van der Waals surface area contributed by atoms with Crippen molar-refractivity contribution in [3.8, 4) is 0 Å². The maximum Gasteiger partial charge on any atom is 0.225 e. The third kappa shape index (κ3) is 3.13. The Morgan fingerprint density at radius 2 is 1.86 bits per heavy atom. The number of hydrogen-bond acceptors (Lipinski definition) is 3.